The molecule has 0 radical (unpaired) electrons. The third-order valence-electron chi connectivity index (χ3n) is 4.03. The molecule has 24 heavy (non-hydrogen) atoms. The van der Waals surface area contributed by atoms with Gasteiger partial charge in [0, 0.05) is 16.8 Å². The average Bonchev–Trinajstić information content (AvgIpc) is 2.47. The van der Waals surface area contributed by atoms with Crippen molar-refractivity contribution in [2.75, 3.05) is 5.32 Å². The van der Waals surface area contributed by atoms with Gasteiger partial charge < -0.3 is 16.4 Å². The summed E-state index contributed by atoms with van der Waals surface area (Å²) in [4.78, 5) is 24.3. The first-order valence-electron chi connectivity index (χ1n) is 8.14. The Balaban J connectivity index is 0.00000529. The van der Waals surface area contributed by atoms with Crippen molar-refractivity contribution in [2.24, 2.45) is 5.73 Å². The molecule has 0 aromatic heterocycles. The van der Waals surface area contributed by atoms with Crippen LogP contribution in [0.3, 0.4) is 0 Å². The quantitative estimate of drug-likeness (QED) is 0.700. The Morgan fingerprint density at radius 3 is 2.08 bits per heavy atom. The molecule has 6 heteroatoms. The maximum Gasteiger partial charge on any atom is 0.251 e. The highest BCUT2D eigenvalue weighted by Gasteiger charge is 2.27. The lowest BCUT2D eigenvalue weighted by Crippen LogP contribution is -2.48. The number of carbonyl (C=O) groups is 2. The highest BCUT2D eigenvalue weighted by molar-refractivity contribution is 5.99. The highest BCUT2D eigenvalue weighted by atomic mass is 35.5. The largest absolute Gasteiger partial charge is 0.347 e. The van der Waals surface area contributed by atoms with Crippen molar-refractivity contribution in [2.45, 2.75) is 65.0 Å². The zero-order valence-corrected chi connectivity index (χ0v) is 16.0. The van der Waals surface area contributed by atoms with E-state index in [0.717, 1.165) is 12.8 Å². The number of carbonyl (C=O) groups excluding carboxylic acids is 2. The Bertz CT molecular complexity index is 554. The van der Waals surface area contributed by atoms with Crippen LogP contribution in [0.4, 0.5) is 5.69 Å². The molecule has 0 fully saturated rings. The summed E-state index contributed by atoms with van der Waals surface area (Å²) in [5.41, 5.74) is 6.06. The first-order valence-corrected chi connectivity index (χ1v) is 8.14. The number of nitrogens with two attached hydrogens (primary N) is 1. The number of anilines is 1. The van der Waals surface area contributed by atoms with Gasteiger partial charge in [-0.1, -0.05) is 20.3 Å². The monoisotopic (exact) mass is 355 g/mol. The van der Waals surface area contributed by atoms with Crippen molar-refractivity contribution in [3.8, 4) is 0 Å². The van der Waals surface area contributed by atoms with Crippen LogP contribution in [0.2, 0.25) is 0 Å². The van der Waals surface area contributed by atoms with Crippen LogP contribution in [-0.2, 0) is 4.79 Å². The molecule has 0 bridgehead atoms. The van der Waals surface area contributed by atoms with Gasteiger partial charge in [-0.2, -0.15) is 0 Å². The van der Waals surface area contributed by atoms with Gasteiger partial charge in [-0.25, -0.2) is 0 Å². The molecule has 0 aliphatic rings. The number of hydrogen-bond acceptors (Lipinski definition) is 3. The lowest BCUT2D eigenvalue weighted by atomic mass is 9.96. The summed E-state index contributed by atoms with van der Waals surface area (Å²) < 4.78 is 0. The van der Waals surface area contributed by atoms with E-state index in [0.29, 0.717) is 17.7 Å². The molecule has 1 aromatic carbocycles. The number of halogens is 1. The van der Waals surface area contributed by atoms with E-state index in [1.807, 2.05) is 27.7 Å². The van der Waals surface area contributed by atoms with E-state index in [1.54, 1.807) is 31.2 Å². The highest BCUT2D eigenvalue weighted by Crippen LogP contribution is 2.16. The fraction of sp³-hybridized carbons (Fsp3) is 0.556. The Morgan fingerprint density at radius 2 is 1.62 bits per heavy atom. The van der Waals surface area contributed by atoms with Gasteiger partial charge in [0.05, 0.1) is 5.54 Å². The van der Waals surface area contributed by atoms with Gasteiger partial charge in [0.2, 0.25) is 5.91 Å². The van der Waals surface area contributed by atoms with Crippen LogP contribution in [0.1, 0.15) is 64.2 Å². The van der Waals surface area contributed by atoms with Gasteiger partial charge in [-0.3, -0.25) is 9.59 Å². The molecule has 0 spiro atoms. The van der Waals surface area contributed by atoms with E-state index < -0.39 is 5.54 Å². The van der Waals surface area contributed by atoms with Crippen LogP contribution < -0.4 is 16.4 Å². The molecule has 2 amide bonds. The molecule has 1 unspecified atom stereocenters. The number of nitrogens with one attached hydrogen (secondary N) is 2. The predicted octanol–water partition coefficient (Wildman–Crippen LogP) is 3.48. The second-order valence-corrected chi connectivity index (χ2v) is 6.89. The minimum Gasteiger partial charge on any atom is -0.347 e. The Morgan fingerprint density at radius 1 is 1.08 bits per heavy atom. The number of rotatable bonds is 7. The minimum atomic E-state index is -0.893. The predicted molar refractivity (Wildman–Crippen MR) is 102 cm³/mol. The van der Waals surface area contributed by atoms with Crippen LogP contribution in [0, 0.1) is 0 Å². The molecule has 4 N–H and O–H groups in total. The Labute approximate surface area is 151 Å². The summed E-state index contributed by atoms with van der Waals surface area (Å²) in [6.07, 6.45) is 2.30. The third-order valence-corrected chi connectivity index (χ3v) is 4.03. The standard InChI is InChI=1S/C18H29N3O2.ClH/c1-6-12-18(5,19)16(23)20-14-10-8-13(9-11-14)15(22)21-17(3,4)7-2;/h8-11H,6-7,12,19H2,1-5H3,(H,20,23)(H,21,22);1H. The fourth-order valence-corrected chi connectivity index (χ4v) is 2.08. The SMILES string of the molecule is CCCC(C)(N)C(=O)Nc1ccc(C(=O)NC(C)(C)CC)cc1.Cl. The van der Waals surface area contributed by atoms with Crippen molar-refractivity contribution in [3.63, 3.8) is 0 Å². The molecular weight excluding hydrogens is 326 g/mol. The second kappa shape index (κ2) is 9.04. The second-order valence-electron chi connectivity index (χ2n) is 6.89. The molecule has 136 valence electrons. The van der Waals surface area contributed by atoms with Crippen LogP contribution in [0.25, 0.3) is 0 Å². The third kappa shape index (κ3) is 6.49. The number of hydrogen-bond donors (Lipinski definition) is 3. The topological polar surface area (TPSA) is 84.2 Å². The fourth-order valence-electron chi connectivity index (χ4n) is 2.08. The molecule has 0 heterocycles. The van der Waals surface area contributed by atoms with Crippen molar-refractivity contribution >= 4 is 29.9 Å². The molecule has 1 aromatic rings. The minimum absolute atomic E-state index is 0. The van der Waals surface area contributed by atoms with E-state index in [2.05, 4.69) is 10.6 Å². The molecule has 0 saturated carbocycles. The van der Waals surface area contributed by atoms with E-state index >= 15 is 0 Å². The van der Waals surface area contributed by atoms with Crippen molar-refractivity contribution in [1.82, 2.24) is 5.32 Å². The van der Waals surface area contributed by atoms with Crippen LogP contribution in [0.5, 0.6) is 0 Å². The lowest BCUT2D eigenvalue weighted by Gasteiger charge is -2.24. The van der Waals surface area contributed by atoms with Crippen molar-refractivity contribution < 1.29 is 9.59 Å². The molecule has 0 saturated heterocycles. The molecule has 5 nitrogen and oxygen atoms in total. The summed E-state index contributed by atoms with van der Waals surface area (Å²) in [6.45, 7) is 9.70. The zero-order chi connectivity index (χ0) is 17.7. The van der Waals surface area contributed by atoms with Crippen molar-refractivity contribution in [1.29, 1.82) is 0 Å². The van der Waals surface area contributed by atoms with Gasteiger partial charge in [-0.15, -0.1) is 12.4 Å². The molecule has 0 aliphatic carbocycles. The number of benzene rings is 1. The summed E-state index contributed by atoms with van der Waals surface area (Å²) in [6, 6.07) is 6.83. The van der Waals surface area contributed by atoms with Gasteiger partial charge in [0.15, 0.2) is 0 Å². The zero-order valence-electron chi connectivity index (χ0n) is 15.2. The van der Waals surface area contributed by atoms with Gasteiger partial charge in [0.1, 0.15) is 0 Å². The average molecular weight is 356 g/mol. The first kappa shape index (κ1) is 22.4. The van der Waals surface area contributed by atoms with Crippen molar-refractivity contribution in [3.05, 3.63) is 29.8 Å². The lowest BCUT2D eigenvalue weighted by molar-refractivity contribution is -0.120. The molecule has 1 atom stereocenters. The Kier molecular flexibility index (Phi) is 8.44. The van der Waals surface area contributed by atoms with Crippen LogP contribution in [0.15, 0.2) is 24.3 Å². The van der Waals surface area contributed by atoms with E-state index in [4.69, 9.17) is 5.73 Å². The van der Waals surface area contributed by atoms with Crippen LogP contribution >= 0.6 is 12.4 Å². The van der Waals surface area contributed by atoms with Gasteiger partial charge in [-0.05, 0) is 57.9 Å². The normalized spacial score (nSPS) is 13.4. The van der Waals surface area contributed by atoms with E-state index in [-0.39, 0.29) is 29.8 Å². The molecule has 0 aliphatic heterocycles. The number of amides is 2. The summed E-state index contributed by atoms with van der Waals surface area (Å²) in [7, 11) is 0. The smallest absolute Gasteiger partial charge is 0.251 e. The van der Waals surface area contributed by atoms with Gasteiger partial charge in [0.25, 0.3) is 5.91 Å². The summed E-state index contributed by atoms with van der Waals surface area (Å²) >= 11 is 0. The van der Waals surface area contributed by atoms with Gasteiger partial charge >= 0.3 is 0 Å². The maximum absolute atomic E-state index is 12.2. The molecular formula is C18H30ClN3O2. The first-order chi connectivity index (χ1) is 10.6. The van der Waals surface area contributed by atoms with E-state index in [1.165, 1.54) is 0 Å². The summed E-state index contributed by atoms with van der Waals surface area (Å²) in [5, 5.41) is 5.77. The van der Waals surface area contributed by atoms with E-state index in [9.17, 15) is 9.59 Å². The van der Waals surface area contributed by atoms with Crippen LogP contribution in [-0.4, -0.2) is 22.9 Å². The maximum atomic E-state index is 12.2. The molecule has 1 rings (SSSR count). The Hall–Kier alpha value is -1.59. The summed E-state index contributed by atoms with van der Waals surface area (Å²) in [5.74, 6) is -0.340.